The van der Waals surface area contributed by atoms with Gasteiger partial charge in [0.25, 0.3) is 0 Å². The maximum atomic E-state index is 11.9. The van der Waals surface area contributed by atoms with E-state index in [1.165, 1.54) is 5.56 Å². The highest BCUT2D eigenvalue weighted by molar-refractivity contribution is 6.02. The number of benzene rings is 1. The van der Waals surface area contributed by atoms with Crippen LogP contribution < -0.4 is 5.32 Å². The van der Waals surface area contributed by atoms with E-state index in [1.807, 2.05) is 12.3 Å². The molecule has 0 saturated heterocycles. The molecule has 4 aliphatic heterocycles. The average Bonchev–Trinajstić information content (AvgIpc) is 3.20. The molecule has 0 bridgehead atoms. The van der Waals surface area contributed by atoms with Crippen molar-refractivity contribution in [3.05, 3.63) is 82.9 Å². The largest absolute Gasteiger partial charge is 0.324 e. The molecule has 142 valence electrons. The molecule has 0 spiro atoms. The summed E-state index contributed by atoms with van der Waals surface area (Å²) in [7, 11) is 0. The third-order valence-electron chi connectivity index (χ3n) is 5.98. The predicted molar refractivity (Wildman–Crippen MR) is 110 cm³/mol. The lowest BCUT2D eigenvalue weighted by Gasteiger charge is -2.28. The fourth-order valence-electron chi connectivity index (χ4n) is 4.42. The van der Waals surface area contributed by atoms with Gasteiger partial charge in [-0.2, -0.15) is 0 Å². The number of amides is 1. The summed E-state index contributed by atoms with van der Waals surface area (Å²) < 4.78 is 0. The Balaban J connectivity index is 1.40. The van der Waals surface area contributed by atoms with Crippen molar-refractivity contribution in [1.29, 1.82) is 0 Å². The minimum Gasteiger partial charge on any atom is -0.324 e. The van der Waals surface area contributed by atoms with E-state index in [-0.39, 0.29) is 5.91 Å². The standard InChI is InChI=1S/C23H24N4O/c1-15-3-4-16(2)27(15)14-17-5-7-18(8-6-17)23-24-13-19-9-10-21(28)25-20-11-12-26(23)22(19)20/h3-10,13,15-16H,11-12,14H2,1-2H3,(H,25,28). The van der Waals surface area contributed by atoms with Gasteiger partial charge in [-0.15, -0.1) is 0 Å². The predicted octanol–water partition coefficient (Wildman–Crippen LogP) is 3.08. The van der Waals surface area contributed by atoms with Crippen LogP contribution in [0, 0.1) is 0 Å². The number of rotatable bonds is 3. The normalized spacial score (nSPS) is 26.2. The van der Waals surface area contributed by atoms with Crippen LogP contribution in [0.15, 0.2) is 76.7 Å². The Bertz CT molecular complexity index is 968. The van der Waals surface area contributed by atoms with Gasteiger partial charge in [0.2, 0.25) is 5.91 Å². The molecule has 0 fully saturated rings. The molecule has 2 unspecified atom stereocenters. The van der Waals surface area contributed by atoms with Crippen LogP contribution in [-0.2, 0) is 11.3 Å². The van der Waals surface area contributed by atoms with Crippen LogP contribution >= 0.6 is 0 Å². The van der Waals surface area contributed by atoms with Gasteiger partial charge in [-0.3, -0.25) is 9.69 Å². The van der Waals surface area contributed by atoms with Gasteiger partial charge in [-0.05, 0) is 25.5 Å². The number of hydrogen-bond acceptors (Lipinski definition) is 4. The van der Waals surface area contributed by atoms with Gasteiger partial charge >= 0.3 is 0 Å². The zero-order valence-corrected chi connectivity index (χ0v) is 16.2. The van der Waals surface area contributed by atoms with E-state index in [9.17, 15) is 4.79 Å². The SMILES string of the molecule is CC1C=CC(C)N1Cc1ccc(C2=NC=C3C=CC(=O)NC4=C3N2CC4)cc1. The summed E-state index contributed by atoms with van der Waals surface area (Å²) in [5, 5.41) is 3.00. The molecule has 1 N–H and O–H groups in total. The molecule has 5 heteroatoms. The number of amidine groups is 1. The van der Waals surface area contributed by atoms with Crippen molar-refractivity contribution in [2.75, 3.05) is 6.54 Å². The molecule has 1 aromatic carbocycles. The quantitative estimate of drug-likeness (QED) is 0.830. The highest BCUT2D eigenvalue weighted by Crippen LogP contribution is 2.34. The van der Waals surface area contributed by atoms with Gasteiger partial charge in [0.05, 0.1) is 5.70 Å². The van der Waals surface area contributed by atoms with Crippen molar-refractivity contribution in [3.8, 4) is 0 Å². The second kappa shape index (κ2) is 6.60. The zero-order chi connectivity index (χ0) is 19.3. The van der Waals surface area contributed by atoms with E-state index >= 15 is 0 Å². The highest BCUT2D eigenvalue weighted by atomic mass is 16.1. The second-order valence-corrected chi connectivity index (χ2v) is 7.82. The van der Waals surface area contributed by atoms with Gasteiger partial charge < -0.3 is 10.2 Å². The molecular weight excluding hydrogens is 348 g/mol. The molecule has 4 aliphatic rings. The molecule has 5 nitrogen and oxygen atoms in total. The Labute approximate surface area is 165 Å². The number of aliphatic imine (C=N–C) groups is 1. The molecule has 1 aromatic rings. The molecule has 0 saturated carbocycles. The fraction of sp³-hybridized carbons (Fsp3) is 0.304. The highest BCUT2D eigenvalue weighted by Gasteiger charge is 2.32. The minimum atomic E-state index is -0.0644. The van der Waals surface area contributed by atoms with Crippen LogP contribution in [0.2, 0.25) is 0 Å². The first kappa shape index (κ1) is 17.2. The Kier molecular flexibility index (Phi) is 4.05. The maximum absolute atomic E-state index is 11.9. The third kappa shape index (κ3) is 2.83. The van der Waals surface area contributed by atoms with Crippen LogP contribution in [0.5, 0.6) is 0 Å². The molecule has 28 heavy (non-hydrogen) atoms. The number of carbonyl (C=O) groups excluding carboxylic acids is 1. The minimum absolute atomic E-state index is 0.0644. The monoisotopic (exact) mass is 372 g/mol. The summed E-state index contributed by atoms with van der Waals surface area (Å²) in [6.07, 6.45) is 10.7. The van der Waals surface area contributed by atoms with Gasteiger partial charge in [0, 0.05) is 60.7 Å². The third-order valence-corrected chi connectivity index (χ3v) is 5.98. The van der Waals surface area contributed by atoms with E-state index in [4.69, 9.17) is 4.99 Å². The number of allylic oxidation sites excluding steroid dienone is 1. The summed E-state index contributed by atoms with van der Waals surface area (Å²) in [5.41, 5.74) is 5.49. The lowest BCUT2D eigenvalue weighted by molar-refractivity contribution is -0.115. The van der Waals surface area contributed by atoms with Gasteiger partial charge in [0.15, 0.2) is 0 Å². The summed E-state index contributed by atoms with van der Waals surface area (Å²) >= 11 is 0. The van der Waals surface area contributed by atoms with Gasteiger partial charge in [-0.1, -0.05) is 36.4 Å². The van der Waals surface area contributed by atoms with Crippen molar-refractivity contribution in [2.24, 2.45) is 4.99 Å². The fourth-order valence-corrected chi connectivity index (χ4v) is 4.42. The maximum Gasteiger partial charge on any atom is 0.248 e. The molecule has 5 rings (SSSR count). The van der Waals surface area contributed by atoms with Gasteiger partial charge in [-0.25, -0.2) is 4.99 Å². The lowest BCUT2D eigenvalue weighted by Crippen LogP contribution is -2.33. The Hall–Kier alpha value is -2.92. The molecular formula is C23H24N4O. The van der Waals surface area contributed by atoms with E-state index in [0.717, 1.165) is 47.9 Å². The van der Waals surface area contributed by atoms with E-state index in [0.29, 0.717) is 12.1 Å². The van der Waals surface area contributed by atoms with Crippen LogP contribution in [-0.4, -0.2) is 40.2 Å². The Morgan fingerprint density at radius 3 is 2.61 bits per heavy atom. The first-order chi connectivity index (χ1) is 13.6. The first-order valence-electron chi connectivity index (χ1n) is 9.91. The number of hydrogen-bond donors (Lipinski definition) is 1. The average molecular weight is 372 g/mol. The smallest absolute Gasteiger partial charge is 0.248 e. The number of nitrogens with one attached hydrogen (secondary N) is 1. The number of nitrogens with zero attached hydrogens (tertiary/aromatic N) is 3. The first-order valence-corrected chi connectivity index (χ1v) is 9.91. The lowest BCUT2D eigenvalue weighted by atomic mass is 10.1. The summed E-state index contributed by atoms with van der Waals surface area (Å²) in [4.78, 5) is 21.3. The van der Waals surface area contributed by atoms with Gasteiger partial charge in [0.1, 0.15) is 5.84 Å². The second-order valence-electron chi connectivity index (χ2n) is 7.82. The summed E-state index contributed by atoms with van der Waals surface area (Å²) in [6.45, 7) is 6.27. The molecule has 1 amide bonds. The molecule has 0 aliphatic carbocycles. The summed E-state index contributed by atoms with van der Waals surface area (Å²) in [6, 6.07) is 9.69. The van der Waals surface area contributed by atoms with E-state index in [2.05, 4.69) is 65.4 Å². The molecule has 0 aromatic heterocycles. The van der Waals surface area contributed by atoms with Crippen LogP contribution in [0.4, 0.5) is 0 Å². The van der Waals surface area contributed by atoms with Crippen molar-refractivity contribution in [2.45, 2.75) is 38.9 Å². The topological polar surface area (TPSA) is 47.9 Å². The summed E-state index contributed by atoms with van der Waals surface area (Å²) in [5.74, 6) is 0.889. The van der Waals surface area contributed by atoms with Crippen LogP contribution in [0.25, 0.3) is 0 Å². The van der Waals surface area contributed by atoms with Crippen molar-refractivity contribution < 1.29 is 4.79 Å². The van der Waals surface area contributed by atoms with Crippen molar-refractivity contribution in [3.63, 3.8) is 0 Å². The van der Waals surface area contributed by atoms with Crippen molar-refractivity contribution in [1.82, 2.24) is 15.1 Å². The van der Waals surface area contributed by atoms with E-state index in [1.54, 1.807) is 6.08 Å². The van der Waals surface area contributed by atoms with Crippen LogP contribution in [0.3, 0.4) is 0 Å². The van der Waals surface area contributed by atoms with E-state index < -0.39 is 0 Å². The molecule has 2 atom stereocenters. The van der Waals surface area contributed by atoms with Crippen LogP contribution in [0.1, 0.15) is 31.4 Å². The number of carbonyl (C=O) groups is 1. The Morgan fingerprint density at radius 1 is 1.11 bits per heavy atom. The molecule has 0 radical (unpaired) electrons. The zero-order valence-electron chi connectivity index (χ0n) is 16.2. The Morgan fingerprint density at radius 2 is 1.86 bits per heavy atom. The van der Waals surface area contributed by atoms with Crippen molar-refractivity contribution >= 4 is 11.7 Å². The molecule has 4 heterocycles.